The number of carbonyl (C=O) groups is 3. The van der Waals surface area contributed by atoms with Crippen molar-refractivity contribution in [3.63, 3.8) is 0 Å². The van der Waals surface area contributed by atoms with Crippen molar-refractivity contribution in [2.75, 3.05) is 27.9 Å². The summed E-state index contributed by atoms with van der Waals surface area (Å²) in [7, 11) is 4.26. The smallest absolute Gasteiger partial charge is 0.343 e. The van der Waals surface area contributed by atoms with E-state index in [2.05, 4.69) is 36.5 Å². The third-order valence-electron chi connectivity index (χ3n) is 4.79. The molecule has 0 aliphatic rings. The second kappa shape index (κ2) is 13.3. The molecule has 0 radical (unpaired) electrons. The van der Waals surface area contributed by atoms with Crippen LogP contribution in [0.3, 0.4) is 0 Å². The van der Waals surface area contributed by atoms with Gasteiger partial charge in [0, 0.05) is 5.56 Å². The summed E-state index contributed by atoms with van der Waals surface area (Å²) < 4.78 is 20.9. The maximum Gasteiger partial charge on any atom is 0.343 e. The van der Waals surface area contributed by atoms with Gasteiger partial charge in [0.2, 0.25) is 0 Å². The Morgan fingerprint density at radius 3 is 2.31 bits per heavy atom. The quantitative estimate of drug-likeness (QED) is 0.251. The third-order valence-corrected chi connectivity index (χ3v) is 5.38. The van der Waals surface area contributed by atoms with Gasteiger partial charge in [0.25, 0.3) is 11.8 Å². The van der Waals surface area contributed by atoms with Crippen molar-refractivity contribution in [2.24, 2.45) is 11.0 Å². The first kappa shape index (κ1) is 27.6. The van der Waals surface area contributed by atoms with Crippen LogP contribution in [0.4, 0.5) is 0 Å². The van der Waals surface area contributed by atoms with Crippen molar-refractivity contribution in [3.8, 4) is 17.2 Å². The van der Waals surface area contributed by atoms with Crippen molar-refractivity contribution in [3.05, 3.63) is 52.0 Å². The summed E-state index contributed by atoms with van der Waals surface area (Å²) in [5, 5.41) is 6.73. The number of carbonyl (C=O) groups excluding carboxylic acids is 3. The molecule has 1 unspecified atom stereocenters. The van der Waals surface area contributed by atoms with Crippen LogP contribution in [0.1, 0.15) is 29.8 Å². The Labute approximate surface area is 212 Å². The van der Waals surface area contributed by atoms with E-state index in [1.54, 1.807) is 36.4 Å². The maximum absolute atomic E-state index is 12.7. The summed E-state index contributed by atoms with van der Waals surface area (Å²) in [6, 6.07) is 9.06. The molecule has 0 heterocycles. The van der Waals surface area contributed by atoms with Gasteiger partial charge in [-0.05, 0) is 63.8 Å². The van der Waals surface area contributed by atoms with E-state index in [0.717, 1.165) is 0 Å². The lowest BCUT2D eigenvalue weighted by atomic mass is 10.0. The summed E-state index contributed by atoms with van der Waals surface area (Å²) >= 11 is 3.37. The highest BCUT2D eigenvalue weighted by atomic mass is 79.9. The second-order valence-electron chi connectivity index (χ2n) is 7.56. The molecule has 2 amide bonds. The molecule has 0 fully saturated rings. The molecular formula is C24H28BrN3O7. The lowest BCUT2D eigenvalue weighted by Gasteiger charge is -2.20. The molecule has 0 aliphatic heterocycles. The zero-order valence-corrected chi connectivity index (χ0v) is 21.7. The molecule has 0 aromatic heterocycles. The maximum atomic E-state index is 12.7. The van der Waals surface area contributed by atoms with E-state index in [-0.39, 0.29) is 18.4 Å². The molecule has 10 nitrogen and oxygen atoms in total. The van der Waals surface area contributed by atoms with Crippen molar-refractivity contribution in [1.82, 2.24) is 10.7 Å². The van der Waals surface area contributed by atoms with E-state index < -0.39 is 17.9 Å². The number of hydrazone groups is 1. The van der Waals surface area contributed by atoms with E-state index in [1.165, 1.54) is 27.5 Å². The molecule has 11 heteroatoms. The first-order chi connectivity index (χ1) is 16.7. The highest BCUT2D eigenvalue weighted by Gasteiger charge is 2.24. The van der Waals surface area contributed by atoms with Gasteiger partial charge in [-0.25, -0.2) is 10.2 Å². The molecule has 188 valence electrons. The van der Waals surface area contributed by atoms with Gasteiger partial charge >= 0.3 is 5.97 Å². The predicted molar refractivity (Wildman–Crippen MR) is 133 cm³/mol. The number of esters is 1. The summed E-state index contributed by atoms with van der Waals surface area (Å²) in [6.45, 7) is 3.35. The number of hydrogen-bond acceptors (Lipinski definition) is 8. The van der Waals surface area contributed by atoms with Crippen LogP contribution in [0.2, 0.25) is 0 Å². The average molecular weight is 550 g/mol. The molecule has 2 N–H and O–H groups in total. The van der Waals surface area contributed by atoms with Gasteiger partial charge in [0.15, 0.2) is 18.1 Å². The number of hydrogen-bond donors (Lipinski definition) is 2. The van der Waals surface area contributed by atoms with Crippen molar-refractivity contribution < 1.29 is 33.3 Å². The van der Waals surface area contributed by atoms with Gasteiger partial charge in [-0.2, -0.15) is 5.10 Å². The van der Waals surface area contributed by atoms with Gasteiger partial charge in [-0.3, -0.25) is 9.59 Å². The Bertz CT molecular complexity index is 1070. The molecule has 0 aliphatic carbocycles. The van der Waals surface area contributed by atoms with Crippen molar-refractivity contribution in [1.29, 1.82) is 0 Å². The summed E-state index contributed by atoms with van der Waals surface area (Å²) in [5.74, 6) is -0.286. The molecule has 0 bridgehead atoms. The highest BCUT2D eigenvalue weighted by molar-refractivity contribution is 9.10. The van der Waals surface area contributed by atoms with Gasteiger partial charge in [-0.15, -0.1) is 0 Å². The predicted octanol–water partition coefficient (Wildman–Crippen LogP) is 2.92. The molecule has 2 rings (SSSR count). The fourth-order valence-electron chi connectivity index (χ4n) is 2.89. The number of methoxy groups -OCH3 is 3. The normalized spacial score (nSPS) is 11.6. The number of nitrogens with one attached hydrogen (secondary N) is 2. The number of halogens is 1. The molecule has 1 atom stereocenters. The monoisotopic (exact) mass is 549 g/mol. The van der Waals surface area contributed by atoms with Crippen LogP contribution >= 0.6 is 15.9 Å². The minimum absolute atomic E-state index is 0.187. The van der Waals surface area contributed by atoms with E-state index in [0.29, 0.717) is 32.8 Å². The van der Waals surface area contributed by atoms with Gasteiger partial charge < -0.3 is 24.3 Å². The molecule has 0 spiro atoms. The highest BCUT2D eigenvalue weighted by Crippen LogP contribution is 2.36. The lowest BCUT2D eigenvalue weighted by Crippen LogP contribution is -2.48. The third kappa shape index (κ3) is 7.99. The van der Waals surface area contributed by atoms with Crippen LogP contribution in [0.15, 0.2) is 46.0 Å². The van der Waals surface area contributed by atoms with E-state index >= 15 is 0 Å². The molecule has 2 aromatic rings. The van der Waals surface area contributed by atoms with Gasteiger partial charge in [0.1, 0.15) is 11.8 Å². The number of amides is 2. The van der Waals surface area contributed by atoms with E-state index in [4.69, 9.17) is 14.2 Å². The largest absolute Gasteiger partial charge is 0.497 e. The first-order valence-electron chi connectivity index (χ1n) is 10.5. The lowest BCUT2D eigenvalue weighted by molar-refractivity contribution is -0.143. The van der Waals surface area contributed by atoms with Crippen LogP contribution in [0, 0.1) is 5.92 Å². The molecule has 0 saturated heterocycles. The standard InChI is InChI=1S/C24H28BrN3O7/c1-14(2)21(27-23(30)16-6-8-17(32-3)9-7-16)24(31)28-26-12-15-10-18(25)22(19(11-15)33-4)35-13-20(29)34-5/h6-12,14,21H,13H2,1-5H3,(H,27,30)(H,28,31). The first-order valence-corrected chi connectivity index (χ1v) is 11.3. The molecular weight excluding hydrogens is 522 g/mol. The molecule has 35 heavy (non-hydrogen) atoms. The fraction of sp³-hybridized carbons (Fsp3) is 0.333. The number of ether oxygens (including phenoxy) is 4. The summed E-state index contributed by atoms with van der Waals surface area (Å²) in [5.41, 5.74) is 3.44. The number of benzene rings is 2. The van der Waals surface area contributed by atoms with Crippen molar-refractivity contribution >= 4 is 39.9 Å². The Morgan fingerprint density at radius 2 is 1.74 bits per heavy atom. The second-order valence-corrected chi connectivity index (χ2v) is 8.41. The fourth-order valence-corrected chi connectivity index (χ4v) is 3.46. The zero-order valence-electron chi connectivity index (χ0n) is 20.1. The van der Waals surface area contributed by atoms with Crippen LogP contribution < -0.4 is 25.0 Å². The van der Waals surface area contributed by atoms with Gasteiger partial charge in [-0.1, -0.05) is 13.8 Å². The van der Waals surface area contributed by atoms with Crippen LogP contribution in [-0.2, 0) is 14.3 Å². The van der Waals surface area contributed by atoms with Crippen LogP contribution in [-0.4, -0.2) is 58.0 Å². The minimum Gasteiger partial charge on any atom is -0.497 e. The Kier molecular flexibility index (Phi) is 10.5. The topological polar surface area (TPSA) is 125 Å². The zero-order chi connectivity index (χ0) is 26.0. The number of rotatable bonds is 11. The molecule has 0 saturated carbocycles. The Morgan fingerprint density at radius 1 is 1.06 bits per heavy atom. The number of nitrogens with zero attached hydrogens (tertiary/aromatic N) is 1. The molecule has 2 aromatic carbocycles. The van der Waals surface area contributed by atoms with Crippen molar-refractivity contribution in [2.45, 2.75) is 19.9 Å². The Balaban J connectivity index is 2.07. The van der Waals surface area contributed by atoms with E-state index in [1.807, 2.05) is 13.8 Å². The summed E-state index contributed by atoms with van der Waals surface area (Å²) in [6.07, 6.45) is 1.41. The Hall–Kier alpha value is -3.60. The SMILES string of the molecule is COC(=O)COc1c(Br)cc(C=NNC(=O)C(NC(=O)c2ccc(OC)cc2)C(C)C)cc1OC. The minimum atomic E-state index is -0.808. The van der Waals surface area contributed by atoms with Crippen LogP contribution in [0.25, 0.3) is 0 Å². The summed E-state index contributed by atoms with van der Waals surface area (Å²) in [4.78, 5) is 36.6. The van der Waals surface area contributed by atoms with E-state index in [9.17, 15) is 14.4 Å². The van der Waals surface area contributed by atoms with Gasteiger partial charge in [0.05, 0.1) is 32.0 Å². The average Bonchev–Trinajstić information content (AvgIpc) is 2.85. The van der Waals surface area contributed by atoms with Crippen LogP contribution in [0.5, 0.6) is 17.2 Å².